The third-order valence-corrected chi connectivity index (χ3v) is 1.65. The van der Waals surface area contributed by atoms with Crippen molar-refractivity contribution in [2.24, 2.45) is 0 Å². The van der Waals surface area contributed by atoms with E-state index in [1.54, 1.807) is 0 Å². The van der Waals surface area contributed by atoms with E-state index < -0.39 is 17.5 Å². The van der Waals surface area contributed by atoms with Gasteiger partial charge >= 0.3 is 0 Å². The standard InChI is InChI=1S/C9H7F3O/c10-7-3-4-8(11)9(12)6(7)2-1-5-13/h3-5H,1-2H2. The fourth-order valence-electron chi connectivity index (χ4n) is 1.00. The van der Waals surface area contributed by atoms with Gasteiger partial charge in [-0.25, -0.2) is 13.2 Å². The highest BCUT2D eigenvalue weighted by Gasteiger charge is 2.12. The predicted molar refractivity (Wildman–Crippen MR) is 40.7 cm³/mol. The van der Waals surface area contributed by atoms with Crippen LogP contribution in [0.1, 0.15) is 12.0 Å². The summed E-state index contributed by atoms with van der Waals surface area (Å²) in [6.07, 6.45) is 0.403. The third-order valence-electron chi connectivity index (χ3n) is 1.65. The molecule has 0 spiro atoms. The van der Waals surface area contributed by atoms with E-state index >= 15 is 0 Å². The largest absolute Gasteiger partial charge is 0.303 e. The van der Waals surface area contributed by atoms with Crippen LogP contribution in [0.3, 0.4) is 0 Å². The summed E-state index contributed by atoms with van der Waals surface area (Å²) in [6, 6.07) is 1.56. The zero-order valence-electron chi connectivity index (χ0n) is 6.69. The molecule has 0 aromatic heterocycles. The first-order valence-corrected chi connectivity index (χ1v) is 3.73. The molecular formula is C9H7F3O. The molecule has 0 amide bonds. The molecule has 0 N–H and O–H groups in total. The summed E-state index contributed by atoms with van der Waals surface area (Å²) in [6.45, 7) is 0. The molecule has 0 saturated carbocycles. The molecule has 0 aliphatic rings. The molecule has 0 bridgehead atoms. The van der Waals surface area contributed by atoms with Crippen molar-refractivity contribution in [3.8, 4) is 0 Å². The maximum atomic E-state index is 12.9. The summed E-state index contributed by atoms with van der Waals surface area (Å²) in [4.78, 5) is 9.95. The average molecular weight is 188 g/mol. The van der Waals surface area contributed by atoms with Gasteiger partial charge < -0.3 is 4.79 Å². The van der Waals surface area contributed by atoms with E-state index in [0.29, 0.717) is 6.29 Å². The van der Waals surface area contributed by atoms with Gasteiger partial charge in [0.25, 0.3) is 0 Å². The van der Waals surface area contributed by atoms with Gasteiger partial charge in [0.1, 0.15) is 12.1 Å². The Labute approximate surface area is 73.2 Å². The van der Waals surface area contributed by atoms with Crippen LogP contribution in [0.4, 0.5) is 13.2 Å². The Hall–Kier alpha value is -1.32. The number of hydrogen-bond acceptors (Lipinski definition) is 1. The highest BCUT2D eigenvalue weighted by atomic mass is 19.2. The van der Waals surface area contributed by atoms with Crippen LogP contribution in [0.25, 0.3) is 0 Å². The molecule has 0 radical (unpaired) electrons. The van der Waals surface area contributed by atoms with Gasteiger partial charge in [-0.2, -0.15) is 0 Å². The first-order chi connectivity index (χ1) is 6.16. The minimum Gasteiger partial charge on any atom is -0.303 e. The lowest BCUT2D eigenvalue weighted by Crippen LogP contribution is -1.99. The molecule has 0 aliphatic heterocycles. The Bertz CT molecular complexity index is 323. The normalized spacial score (nSPS) is 10.1. The monoisotopic (exact) mass is 188 g/mol. The second-order valence-electron chi connectivity index (χ2n) is 2.53. The molecule has 1 aromatic carbocycles. The minimum atomic E-state index is -1.21. The molecule has 13 heavy (non-hydrogen) atoms. The number of hydrogen-bond donors (Lipinski definition) is 0. The molecule has 4 heteroatoms. The molecule has 0 aliphatic carbocycles. The maximum Gasteiger partial charge on any atom is 0.164 e. The highest BCUT2D eigenvalue weighted by molar-refractivity contribution is 5.50. The van der Waals surface area contributed by atoms with E-state index in [2.05, 4.69) is 0 Å². The lowest BCUT2D eigenvalue weighted by Gasteiger charge is -2.02. The molecule has 1 rings (SSSR count). The minimum absolute atomic E-state index is 0.0166. The summed E-state index contributed by atoms with van der Waals surface area (Å²) in [7, 11) is 0. The molecule has 0 atom stereocenters. The Morgan fingerprint density at radius 1 is 1.15 bits per heavy atom. The molecule has 1 nitrogen and oxygen atoms in total. The van der Waals surface area contributed by atoms with E-state index in [1.165, 1.54) is 0 Å². The van der Waals surface area contributed by atoms with Gasteiger partial charge in [0, 0.05) is 12.0 Å². The van der Waals surface area contributed by atoms with E-state index in [0.717, 1.165) is 12.1 Å². The van der Waals surface area contributed by atoms with Gasteiger partial charge in [-0.3, -0.25) is 0 Å². The van der Waals surface area contributed by atoms with Crippen LogP contribution < -0.4 is 0 Å². The Balaban J connectivity index is 3.02. The van der Waals surface area contributed by atoms with Crippen LogP contribution in [0.5, 0.6) is 0 Å². The lowest BCUT2D eigenvalue weighted by molar-refractivity contribution is -0.107. The van der Waals surface area contributed by atoms with E-state index in [9.17, 15) is 18.0 Å². The first-order valence-electron chi connectivity index (χ1n) is 3.73. The molecule has 1 aromatic rings. The van der Waals surface area contributed by atoms with E-state index in [4.69, 9.17) is 0 Å². The molecular weight excluding hydrogens is 181 g/mol. The van der Waals surface area contributed by atoms with Gasteiger partial charge in [0.05, 0.1) is 0 Å². The lowest BCUT2D eigenvalue weighted by atomic mass is 10.1. The summed E-state index contributed by atoms with van der Waals surface area (Å²) in [5.74, 6) is -3.12. The highest BCUT2D eigenvalue weighted by Crippen LogP contribution is 2.16. The number of carbonyl (C=O) groups is 1. The average Bonchev–Trinajstić information content (AvgIpc) is 2.12. The quantitative estimate of drug-likeness (QED) is 0.525. The fourth-order valence-corrected chi connectivity index (χ4v) is 1.00. The molecule has 0 unspecified atom stereocenters. The second-order valence-corrected chi connectivity index (χ2v) is 2.53. The number of halogens is 3. The molecule has 70 valence electrons. The van der Waals surface area contributed by atoms with Crippen molar-refractivity contribution in [2.75, 3.05) is 0 Å². The van der Waals surface area contributed by atoms with Crippen molar-refractivity contribution in [1.82, 2.24) is 0 Å². The molecule has 0 heterocycles. The fraction of sp³-hybridized carbons (Fsp3) is 0.222. The Morgan fingerprint density at radius 2 is 1.77 bits per heavy atom. The maximum absolute atomic E-state index is 12.9. The first kappa shape index (κ1) is 9.77. The SMILES string of the molecule is O=CCCc1c(F)ccc(F)c1F. The zero-order chi connectivity index (χ0) is 9.84. The van der Waals surface area contributed by atoms with E-state index in [-0.39, 0.29) is 18.4 Å². The van der Waals surface area contributed by atoms with Crippen molar-refractivity contribution >= 4 is 6.29 Å². The van der Waals surface area contributed by atoms with Crippen LogP contribution in [-0.2, 0) is 11.2 Å². The van der Waals surface area contributed by atoms with Crippen molar-refractivity contribution in [3.05, 3.63) is 35.1 Å². The number of rotatable bonds is 3. The van der Waals surface area contributed by atoms with Gasteiger partial charge in [0.15, 0.2) is 11.6 Å². The van der Waals surface area contributed by atoms with Gasteiger partial charge in [-0.15, -0.1) is 0 Å². The topological polar surface area (TPSA) is 17.1 Å². The van der Waals surface area contributed by atoms with Crippen LogP contribution in [0.2, 0.25) is 0 Å². The van der Waals surface area contributed by atoms with Crippen LogP contribution in [-0.4, -0.2) is 6.29 Å². The van der Waals surface area contributed by atoms with Gasteiger partial charge in [0.2, 0.25) is 0 Å². The Kier molecular flexibility index (Phi) is 3.06. The third kappa shape index (κ3) is 2.08. The van der Waals surface area contributed by atoms with Crippen LogP contribution >= 0.6 is 0 Å². The summed E-state index contributed by atoms with van der Waals surface area (Å²) in [5.41, 5.74) is -0.368. The summed E-state index contributed by atoms with van der Waals surface area (Å²) < 4.78 is 38.2. The molecule has 0 saturated heterocycles. The van der Waals surface area contributed by atoms with Gasteiger partial charge in [-0.1, -0.05) is 0 Å². The van der Waals surface area contributed by atoms with E-state index in [1.807, 2.05) is 0 Å². The van der Waals surface area contributed by atoms with Crippen LogP contribution in [0, 0.1) is 17.5 Å². The second kappa shape index (κ2) is 4.07. The van der Waals surface area contributed by atoms with Crippen molar-refractivity contribution in [3.63, 3.8) is 0 Å². The zero-order valence-corrected chi connectivity index (χ0v) is 6.69. The molecule has 0 fully saturated rings. The summed E-state index contributed by atoms with van der Waals surface area (Å²) >= 11 is 0. The smallest absolute Gasteiger partial charge is 0.164 e. The van der Waals surface area contributed by atoms with Crippen molar-refractivity contribution in [2.45, 2.75) is 12.8 Å². The number of aldehydes is 1. The summed E-state index contributed by atoms with van der Waals surface area (Å²) in [5, 5.41) is 0. The van der Waals surface area contributed by atoms with Crippen LogP contribution in [0.15, 0.2) is 12.1 Å². The van der Waals surface area contributed by atoms with Crippen molar-refractivity contribution in [1.29, 1.82) is 0 Å². The Morgan fingerprint density at radius 3 is 2.38 bits per heavy atom. The number of benzene rings is 1. The van der Waals surface area contributed by atoms with Gasteiger partial charge in [-0.05, 0) is 18.6 Å². The predicted octanol–water partition coefficient (Wildman–Crippen LogP) is 2.24. The number of carbonyl (C=O) groups excluding carboxylic acids is 1. The van der Waals surface area contributed by atoms with Crippen molar-refractivity contribution < 1.29 is 18.0 Å².